The summed E-state index contributed by atoms with van der Waals surface area (Å²) >= 11 is 3.77. The van der Waals surface area contributed by atoms with E-state index >= 15 is 0 Å². The zero-order valence-corrected chi connectivity index (χ0v) is 14.0. The zero-order chi connectivity index (χ0) is 13.9. The van der Waals surface area contributed by atoms with E-state index in [1.165, 1.54) is 11.8 Å². The number of halogens is 1. The van der Waals surface area contributed by atoms with Crippen LogP contribution in [0.4, 0.5) is 0 Å². The van der Waals surface area contributed by atoms with Gasteiger partial charge in [0.05, 0.1) is 27.7 Å². The summed E-state index contributed by atoms with van der Waals surface area (Å²) in [5.41, 5.74) is 0.905. The molecule has 0 bridgehead atoms. The van der Waals surface area contributed by atoms with Crippen molar-refractivity contribution in [3.8, 4) is 5.88 Å². The van der Waals surface area contributed by atoms with E-state index in [0.29, 0.717) is 5.88 Å². The van der Waals surface area contributed by atoms with Gasteiger partial charge in [-0.1, -0.05) is 11.8 Å². The van der Waals surface area contributed by atoms with E-state index in [-0.39, 0.29) is 6.10 Å². The van der Waals surface area contributed by atoms with Gasteiger partial charge in [0.15, 0.2) is 5.16 Å². The fourth-order valence-electron chi connectivity index (χ4n) is 2.09. The number of rotatable bonds is 3. The molecular weight excluding hydrogens is 389 g/mol. The summed E-state index contributed by atoms with van der Waals surface area (Å²) in [6, 6.07) is 0. The maximum atomic E-state index is 6.02. The molecule has 20 heavy (non-hydrogen) atoms. The molecule has 1 fully saturated rings. The predicted molar refractivity (Wildman–Crippen MR) is 86.3 cm³/mol. The van der Waals surface area contributed by atoms with Crippen LogP contribution in [-0.4, -0.2) is 40.5 Å². The van der Waals surface area contributed by atoms with Crippen LogP contribution in [0.25, 0.3) is 10.9 Å². The first-order chi connectivity index (χ1) is 9.78. The van der Waals surface area contributed by atoms with Gasteiger partial charge < -0.3 is 9.47 Å². The fourth-order valence-corrected chi connectivity index (χ4v) is 2.99. The highest BCUT2D eigenvalue weighted by Crippen LogP contribution is 2.28. The van der Waals surface area contributed by atoms with Crippen LogP contribution in [0.3, 0.4) is 0 Å². The van der Waals surface area contributed by atoms with Gasteiger partial charge in [0.2, 0.25) is 5.88 Å². The maximum Gasteiger partial charge on any atom is 0.224 e. The highest BCUT2D eigenvalue weighted by atomic mass is 127. The SMILES string of the molecule is CSc1ncc2c(OC3CCOCC3)ncc(I)c2n1. The molecule has 0 saturated carbocycles. The molecule has 1 aliphatic rings. The lowest BCUT2D eigenvalue weighted by Gasteiger charge is -2.23. The van der Waals surface area contributed by atoms with E-state index < -0.39 is 0 Å². The molecule has 3 heterocycles. The molecule has 1 saturated heterocycles. The summed E-state index contributed by atoms with van der Waals surface area (Å²) in [4.78, 5) is 13.3. The molecule has 0 atom stereocenters. The topological polar surface area (TPSA) is 57.1 Å². The molecule has 0 radical (unpaired) electrons. The minimum absolute atomic E-state index is 0.166. The molecule has 3 rings (SSSR count). The van der Waals surface area contributed by atoms with Gasteiger partial charge in [0.1, 0.15) is 6.10 Å². The number of pyridine rings is 1. The van der Waals surface area contributed by atoms with E-state index in [4.69, 9.17) is 9.47 Å². The second-order valence-electron chi connectivity index (χ2n) is 4.46. The Kier molecular flexibility index (Phi) is 4.57. The van der Waals surface area contributed by atoms with Crippen LogP contribution < -0.4 is 4.74 Å². The smallest absolute Gasteiger partial charge is 0.224 e. The second kappa shape index (κ2) is 6.40. The molecule has 1 aliphatic heterocycles. The van der Waals surface area contributed by atoms with Crippen LogP contribution in [0.2, 0.25) is 0 Å². The number of hydrogen-bond acceptors (Lipinski definition) is 6. The number of fused-ring (bicyclic) bond motifs is 1. The summed E-state index contributed by atoms with van der Waals surface area (Å²) in [6.45, 7) is 1.50. The third-order valence-corrected chi connectivity index (χ3v) is 4.50. The predicted octanol–water partition coefficient (Wildman–Crippen LogP) is 2.91. The van der Waals surface area contributed by atoms with Gasteiger partial charge in [0.25, 0.3) is 0 Å². The highest BCUT2D eigenvalue weighted by Gasteiger charge is 2.18. The van der Waals surface area contributed by atoms with Crippen molar-refractivity contribution in [2.75, 3.05) is 19.5 Å². The number of thioether (sulfide) groups is 1. The van der Waals surface area contributed by atoms with Crippen molar-refractivity contribution < 1.29 is 9.47 Å². The van der Waals surface area contributed by atoms with Crippen molar-refractivity contribution in [3.63, 3.8) is 0 Å². The minimum Gasteiger partial charge on any atom is -0.474 e. The molecule has 106 valence electrons. The summed E-state index contributed by atoms with van der Waals surface area (Å²) in [5.74, 6) is 0.625. The molecule has 0 aliphatic carbocycles. The lowest BCUT2D eigenvalue weighted by atomic mass is 10.1. The van der Waals surface area contributed by atoms with Gasteiger partial charge in [-0.3, -0.25) is 0 Å². The Morgan fingerprint density at radius 1 is 1.30 bits per heavy atom. The Morgan fingerprint density at radius 2 is 2.10 bits per heavy atom. The first-order valence-electron chi connectivity index (χ1n) is 6.37. The Bertz CT molecular complexity index is 620. The summed E-state index contributed by atoms with van der Waals surface area (Å²) in [7, 11) is 0. The number of hydrogen-bond donors (Lipinski definition) is 0. The van der Waals surface area contributed by atoms with E-state index in [2.05, 4.69) is 37.5 Å². The van der Waals surface area contributed by atoms with Crippen molar-refractivity contribution in [3.05, 3.63) is 16.0 Å². The second-order valence-corrected chi connectivity index (χ2v) is 6.40. The standard InChI is InChI=1S/C13H14IN3O2S/c1-20-13-16-6-9-11(17-13)10(14)7-15-12(9)19-8-2-4-18-5-3-8/h6-8H,2-5H2,1H3. The summed E-state index contributed by atoms with van der Waals surface area (Å²) in [6.07, 6.45) is 7.54. The van der Waals surface area contributed by atoms with Crippen molar-refractivity contribution in [2.24, 2.45) is 0 Å². The quantitative estimate of drug-likeness (QED) is 0.446. The van der Waals surface area contributed by atoms with Gasteiger partial charge in [0, 0.05) is 25.2 Å². The molecule has 0 N–H and O–H groups in total. The first kappa shape index (κ1) is 14.3. The number of ether oxygens (including phenoxy) is 2. The third-order valence-electron chi connectivity index (χ3n) is 3.15. The van der Waals surface area contributed by atoms with Gasteiger partial charge in [-0.05, 0) is 28.8 Å². The van der Waals surface area contributed by atoms with Crippen LogP contribution in [0.5, 0.6) is 5.88 Å². The molecule has 0 spiro atoms. The molecular formula is C13H14IN3O2S. The Hall–Kier alpha value is -0.670. The van der Waals surface area contributed by atoms with Crippen LogP contribution in [0.1, 0.15) is 12.8 Å². The van der Waals surface area contributed by atoms with Crippen molar-refractivity contribution in [1.82, 2.24) is 15.0 Å². The molecule has 0 unspecified atom stereocenters. The molecule has 7 heteroatoms. The van der Waals surface area contributed by atoms with Crippen molar-refractivity contribution in [2.45, 2.75) is 24.1 Å². The Balaban J connectivity index is 1.96. The number of aromatic nitrogens is 3. The monoisotopic (exact) mass is 403 g/mol. The minimum atomic E-state index is 0.166. The van der Waals surface area contributed by atoms with Gasteiger partial charge in [-0.2, -0.15) is 0 Å². The lowest BCUT2D eigenvalue weighted by Crippen LogP contribution is -2.26. The van der Waals surface area contributed by atoms with Gasteiger partial charge in [-0.15, -0.1) is 0 Å². The average Bonchev–Trinajstić information content (AvgIpc) is 2.51. The number of nitrogens with zero attached hydrogens (tertiary/aromatic N) is 3. The molecule has 2 aromatic rings. The average molecular weight is 403 g/mol. The van der Waals surface area contributed by atoms with Gasteiger partial charge in [-0.25, -0.2) is 15.0 Å². The largest absolute Gasteiger partial charge is 0.474 e. The lowest BCUT2D eigenvalue weighted by molar-refractivity contribution is 0.0244. The fraction of sp³-hybridized carbons (Fsp3) is 0.462. The summed E-state index contributed by atoms with van der Waals surface area (Å²) in [5, 5.41) is 1.64. The molecule has 0 amide bonds. The van der Waals surface area contributed by atoms with E-state index in [9.17, 15) is 0 Å². The van der Waals surface area contributed by atoms with Crippen LogP contribution in [0, 0.1) is 3.57 Å². The van der Waals surface area contributed by atoms with E-state index in [1.54, 1.807) is 12.4 Å². The van der Waals surface area contributed by atoms with Gasteiger partial charge >= 0.3 is 0 Å². The highest BCUT2D eigenvalue weighted by molar-refractivity contribution is 14.1. The first-order valence-corrected chi connectivity index (χ1v) is 8.68. The van der Waals surface area contributed by atoms with Crippen LogP contribution in [0.15, 0.2) is 17.6 Å². The van der Waals surface area contributed by atoms with Crippen LogP contribution >= 0.6 is 34.4 Å². The zero-order valence-electron chi connectivity index (χ0n) is 11.0. The Morgan fingerprint density at radius 3 is 2.85 bits per heavy atom. The van der Waals surface area contributed by atoms with Crippen molar-refractivity contribution >= 4 is 45.3 Å². The Labute approximate surface area is 135 Å². The van der Waals surface area contributed by atoms with E-state index in [0.717, 1.165) is 45.7 Å². The summed E-state index contributed by atoms with van der Waals surface area (Å²) < 4.78 is 12.4. The normalized spacial score (nSPS) is 16.5. The van der Waals surface area contributed by atoms with Crippen molar-refractivity contribution in [1.29, 1.82) is 0 Å². The van der Waals surface area contributed by atoms with E-state index in [1.807, 2.05) is 6.26 Å². The molecule has 2 aromatic heterocycles. The third kappa shape index (κ3) is 2.99. The maximum absolute atomic E-state index is 6.02. The molecule has 0 aromatic carbocycles. The van der Waals surface area contributed by atoms with Crippen LogP contribution in [-0.2, 0) is 4.74 Å². The molecule has 5 nitrogen and oxygen atoms in total.